The van der Waals surface area contributed by atoms with E-state index < -0.39 is 0 Å². The highest BCUT2D eigenvalue weighted by atomic mass is 35.5. The van der Waals surface area contributed by atoms with Crippen LogP contribution in [-0.4, -0.2) is 56.1 Å². The van der Waals surface area contributed by atoms with E-state index in [1.54, 1.807) is 31.3 Å². The maximum Gasteiger partial charge on any atom is 0.254 e. The monoisotopic (exact) mass is 368 g/mol. The van der Waals surface area contributed by atoms with E-state index in [1.165, 1.54) is 0 Å². The maximum absolute atomic E-state index is 12.0. The predicted octanol–water partition coefficient (Wildman–Crippen LogP) is 1.33. The number of benzene rings is 1. The van der Waals surface area contributed by atoms with Crippen LogP contribution in [0.3, 0.4) is 0 Å². The topological polar surface area (TPSA) is 77.4 Å². The summed E-state index contributed by atoms with van der Waals surface area (Å²) in [5, 5.41) is 10.3. The Balaban J connectivity index is 0.00000312. The molecule has 25 heavy (non-hydrogen) atoms. The van der Waals surface area contributed by atoms with Crippen molar-refractivity contribution in [3.8, 4) is 5.75 Å². The van der Waals surface area contributed by atoms with Gasteiger partial charge < -0.3 is 20.1 Å². The minimum Gasteiger partial charge on any atom is -0.497 e. The molecule has 0 aliphatic carbocycles. The number of halogens is 1. The maximum atomic E-state index is 12.0. The molecule has 0 saturated heterocycles. The van der Waals surface area contributed by atoms with Gasteiger partial charge in [-0.1, -0.05) is 12.1 Å². The number of hydrogen-bond acceptors (Lipinski definition) is 5. The fourth-order valence-corrected chi connectivity index (χ4v) is 2.15. The molecule has 2 aromatic rings. The molecule has 0 aliphatic heterocycles. The molecular weight excluding hydrogens is 344 g/mol. The Morgan fingerprint density at radius 2 is 1.92 bits per heavy atom. The van der Waals surface area contributed by atoms with Gasteiger partial charge in [-0.25, -0.2) is 0 Å². The number of methoxy groups -OCH3 is 2. The third-order valence-corrected chi connectivity index (χ3v) is 3.47. The number of rotatable bonds is 10. The number of carbonyl (C=O) groups excluding carboxylic acids is 1. The Labute approximate surface area is 154 Å². The van der Waals surface area contributed by atoms with Gasteiger partial charge in [0.05, 0.1) is 32.0 Å². The second-order valence-corrected chi connectivity index (χ2v) is 5.27. The number of ether oxygens (including phenoxy) is 2. The Morgan fingerprint density at radius 3 is 2.60 bits per heavy atom. The number of nitrogens with one attached hydrogen (secondary N) is 2. The van der Waals surface area contributed by atoms with Gasteiger partial charge >= 0.3 is 0 Å². The first kappa shape index (κ1) is 21.0. The van der Waals surface area contributed by atoms with Crippen molar-refractivity contribution in [1.29, 1.82) is 0 Å². The van der Waals surface area contributed by atoms with E-state index in [2.05, 4.69) is 15.7 Å². The van der Waals surface area contributed by atoms with Crippen LogP contribution < -0.4 is 15.4 Å². The minimum atomic E-state index is -0.121. The molecule has 1 heterocycles. The molecular formula is C17H25ClN4O3. The fourth-order valence-electron chi connectivity index (χ4n) is 2.15. The quantitative estimate of drug-likeness (QED) is 0.619. The van der Waals surface area contributed by atoms with Gasteiger partial charge in [0.25, 0.3) is 5.91 Å². The molecule has 0 saturated carbocycles. The number of carbonyl (C=O) groups is 1. The summed E-state index contributed by atoms with van der Waals surface area (Å²) in [5.41, 5.74) is 1.65. The van der Waals surface area contributed by atoms with Crippen molar-refractivity contribution < 1.29 is 14.3 Å². The van der Waals surface area contributed by atoms with Gasteiger partial charge in [-0.15, -0.1) is 12.4 Å². The van der Waals surface area contributed by atoms with Gasteiger partial charge in [0, 0.05) is 32.9 Å². The van der Waals surface area contributed by atoms with E-state index in [9.17, 15) is 4.79 Å². The molecule has 0 spiro atoms. The zero-order valence-corrected chi connectivity index (χ0v) is 15.3. The number of amides is 1. The van der Waals surface area contributed by atoms with Crippen LogP contribution in [0.4, 0.5) is 0 Å². The third-order valence-electron chi connectivity index (χ3n) is 3.47. The van der Waals surface area contributed by atoms with Crippen LogP contribution in [0, 0.1) is 0 Å². The first-order valence-corrected chi connectivity index (χ1v) is 7.86. The highest BCUT2D eigenvalue weighted by Gasteiger charge is 2.08. The molecule has 7 nitrogen and oxygen atoms in total. The lowest BCUT2D eigenvalue weighted by Crippen LogP contribution is -2.32. The summed E-state index contributed by atoms with van der Waals surface area (Å²) in [4.78, 5) is 12.0. The zero-order valence-electron chi connectivity index (χ0n) is 14.5. The highest BCUT2D eigenvalue weighted by Crippen LogP contribution is 2.12. The summed E-state index contributed by atoms with van der Waals surface area (Å²) < 4.78 is 11.8. The van der Waals surface area contributed by atoms with Crippen molar-refractivity contribution >= 4 is 18.3 Å². The molecule has 0 fully saturated rings. The van der Waals surface area contributed by atoms with Crippen LogP contribution in [-0.2, 0) is 11.3 Å². The van der Waals surface area contributed by atoms with Crippen LogP contribution in [0.2, 0.25) is 0 Å². The summed E-state index contributed by atoms with van der Waals surface area (Å²) in [6, 6.07) is 7.77. The zero-order chi connectivity index (χ0) is 17.2. The average Bonchev–Trinajstić information content (AvgIpc) is 3.07. The van der Waals surface area contributed by atoms with Crippen LogP contribution in [0.1, 0.15) is 15.9 Å². The van der Waals surface area contributed by atoms with Crippen molar-refractivity contribution in [2.75, 3.05) is 40.5 Å². The molecule has 0 atom stereocenters. The lowest BCUT2D eigenvalue weighted by molar-refractivity contribution is 0.0953. The fraction of sp³-hybridized carbons (Fsp3) is 0.412. The smallest absolute Gasteiger partial charge is 0.254 e. The normalized spacial score (nSPS) is 10.2. The molecule has 2 rings (SSSR count). The Kier molecular flexibility index (Phi) is 9.61. The van der Waals surface area contributed by atoms with Crippen molar-refractivity contribution in [3.05, 3.63) is 47.8 Å². The van der Waals surface area contributed by atoms with Gasteiger partial charge in [0.1, 0.15) is 5.75 Å². The van der Waals surface area contributed by atoms with E-state index in [1.807, 2.05) is 24.3 Å². The second-order valence-electron chi connectivity index (χ2n) is 5.27. The van der Waals surface area contributed by atoms with Crippen LogP contribution in [0.25, 0.3) is 0 Å². The molecule has 1 aromatic carbocycles. The first-order chi connectivity index (χ1) is 11.7. The van der Waals surface area contributed by atoms with Crippen LogP contribution in [0.5, 0.6) is 5.75 Å². The lowest BCUT2D eigenvalue weighted by Gasteiger charge is -2.05. The van der Waals surface area contributed by atoms with Gasteiger partial charge in [-0.05, 0) is 17.7 Å². The molecule has 0 bridgehead atoms. The molecule has 0 unspecified atom stereocenters. The summed E-state index contributed by atoms with van der Waals surface area (Å²) in [6.07, 6.45) is 3.33. The molecule has 1 aromatic heterocycles. The predicted molar refractivity (Wildman–Crippen MR) is 98.6 cm³/mol. The third kappa shape index (κ3) is 7.13. The second kappa shape index (κ2) is 11.5. The summed E-state index contributed by atoms with van der Waals surface area (Å²) in [6.45, 7) is 3.30. The molecule has 8 heteroatoms. The van der Waals surface area contributed by atoms with Gasteiger partial charge in [0.2, 0.25) is 0 Å². The number of aromatic nitrogens is 2. The van der Waals surface area contributed by atoms with E-state index in [0.717, 1.165) is 17.9 Å². The Hall–Kier alpha value is -2.09. The summed E-state index contributed by atoms with van der Waals surface area (Å²) in [5.74, 6) is 0.697. The summed E-state index contributed by atoms with van der Waals surface area (Å²) >= 11 is 0. The lowest BCUT2D eigenvalue weighted by atomic mass is 10.2. The van der Waals surface area contributed by atoms with Crippen molar-refractivity contribution in [1.82, 2.24) is 20.4 Å². The Bertz CT molecular complexity index is 631. The van der Waals surface area contributed by atoms with Gasteiger partial charge in [0.15, 0.2) is 0 Å². The van der Waals surface area contributed by atoms with Crippen LogP contribution >= 0.6 is 12.4 Å². The largest absolute Gasteiger partial charge is 0.497 e. The van der Waals surface area contributed by atoms with Crippen molar-refractivity contribution in [2.24, 2.45) is 0 Å². The molecule has 1 amide bonds. The highest BCUT2D eigenvalue weighted by molar-refractivity contribution is 5.93. The van der Waals surface area contributed by atoms with Gasteiger partial charge in [-0.2, -0.15) is 5.10 Å². The minimum absolute atomic E-state index is 0. The summed E-state index contributed by atoms with van der Waals surface area (Å²) in [7, 11) is 3.30. The van der Waals surface area contributed by atoms with E-state index >= 15 is 0 Å². The molecule has 138 valence electrons. The first-order valence-electron chi connectivity index (χ1n) is 7.86. The average molecular weight is 369 g/mol. The Morgan fingerprint density at radius 1 is 1.16 bits per heavy atom. The molecule has 0 radical (unpaired) electrons. The SMILES string of the molecule is COCCNCCNC(=O)c1cnn(Cc2ccc(OC)cc2)c1.Cl. The van der Waals surface area contributed by atoms with Gasteiger partial charge in [-0.3, -0.25) is 9.48 Å². The van der Waals surface area contributed by atoms with E-state index in [0.29, 0.717) is 31.8 Å². The van der Waals surface area contributed by atoms with E-state index in [-0.39, 0.29) is 18.3 Å². The van der Waals surface area contributed by atoms with Crippen molar-refractivity contribution in [3.63, 3.8) is 0 Å². The number of nitrogens with zero attached hydrogens (tertiary/aromatic N) is 2. The molecule has 0 aliphatic rings. The number of hydrogen-bond donors (Lipinski definition) is 2. The van der Waals surface area contributed by atoms with Crippen LogP contribution in [0.15, 0.2) is 36.7 Å². The standard InChI is InChI=1S/C17H24N4O3.ClH/c1-23-10-9-18-7-8-19-17(22)15-11-20-21(13-15)12-14-3-5-16(24-2)6-4-14;/h3-6,11,13,18H,7-10,12H2,1-2H3,(H,19,22);1H. The molecule has 2 N–H and O–H groups in total. The van der Waals surface area contributed by atoms with E-state index in [4.69, 9.17) is 9.47 Å². The van der Waals surface area contributed by atoms with Crippen molar-refractivity contribution in [2.45, 2.75) is 6.54 Å².